The number of alkyl halides is 3. The molecule has 6 nitrogen and oxygen atoms in total. The molecule has 0 aliphatic carbocycles. The van der Waals surface area contributed by atoms with Crippen LogP contribution in [0.3, 0.4) is 0 Å². The zero-order valence-electron chi connectivity index (χ0n) is 11.9. The Balaban J connectivity index is 1.82. The molecule has 1 aliphatic heterocycles. The molecule has 0 unspecified atom stereocenters. The third-order valence-electron chi connectivity index (χ3n) is 2.93. The molecule has 0 saturated carbocycles. The summed E-state index contributed by atoms with van der Waals surface area (Å²) in [5, 5.41) is 4.36. The van der Waals surface area contributed by atoms with Gasteiger partial charge in [-0.1, -0.05) is 11.6 Å². The fourth-order valence-electron chi connectivity index (χ4n) is 1.93. The number of urea groups is 1. The second kappa shape index (κ2) is 5.71. The Labute approximate surface area is 142 Å². The van der Waals surface area contributed by atoms with E-state index in [9.17, 15) is 18.0 Å². The van der Waals surface area contributed by atoms with Gasteiger partial charge in [-0.2, -0.15) is 17.5 Å². The van der Waals surface area contributed by atoms with Crippen molar-refractivity contribution in [2.24, 2.45) is 0 Å². The van der Waals surface area contributed by atoms with Crippen LogP contribution in [0.25, 0.3) is 0 Å². The second-order valence-corrected chi connectivity index (χ2v) is 6.06. The Hall–Kier alpha value is -2.20. The number of nitrogens with zero attached hydrogens (tertiary/aromatic N) is 1. The minimum absolute atomic E-state index is 0.167. The Kier molecular flexibility index (Phi) is 3.96. The number of benzene rings is 1. The largest absolute Gasteiger partial charge is 0.492 e. The lowest BCUT2D eigenvalue weighted by atomic mass is 10.3. The van der Waals surface area contributed by atoms with E-state index >= 15 is 0 Å². The SMILES string of the molecule is Cc1cc(NC(=O)N[C@@]2(C(F)(F)F)Oc3ccc(Cl)cc3O2)sn1. The van der Waals surface area contributed by atoms with Gasteiger partial charge in [-0.15, -0.1) is 0 Å². The van der Waals surface area contributed by atoms with Crippen LogP contribution in [-0.2, 0) is 0 Å². The molecule has 0 fully saturated rings. The molecule has 0 saturated heterocycles. The van der Waals surface area contributed by atoms with Crippen molar-refractivity contribution >= 4 is 34.2 Å². The molecular weight excluding hydrogens is 371 g/mol. The molecule has 2 heterocycles. The van der Waals surface area contributed by atoms with E-state index in [1.807, 2.05) is 0 Å². The number of nitrogens with one attached hydrogen (secondary N) is 2. The minimum Gasteiger partial charge on any atom is -0.424 e. The number of ether oxygens (including phenoxy) is 2. The third kappa shape index (κ3) is 3.06. The normalized spacial score (nSPS) is 19.2. The van der Waals surface area contributed by atoms with Crippen LogP contribution >= 0.6 is 23.1 Å². The molecule has 24 heavy (non-hydrogen) atoms. The number of fused-ring (bicyclic) bond motifs is 1. The monoisotopic (exact) mass is 379 g/mol. The van der Waals surface area contributed by atoms with Crippen molar-refractivity contribution in [2.75, 3.05) is 5.32 Å². The minimum atomic E-state index is -5.04. The smallest absolute Gasteiger partial charge is 0.424 e. The molecule has 1 aromatic heterocycles. The van der Waals surface area contributed by atoms with Gasteiger partial charge < -0.3 is 9.47 Å². The number of aromatic nitrogens is 1. The van der Waals surface area contributed by atoms with Crippen LogP contribution in [0.2, 0.25) is 5.02 Å². The predicted molar refractivity (Wildman–Crippen MR) is 80.5 cm³/mol. The summed E-state index contributed by atoms with van der Waals surface area (Å²) in [6.45, 7) is 1.68. The van der Waals surface area contributed by atoms with Crippen molar-refractivity contribution in [3.05, 3.63) is 35.0 Å². The molecule has 0 bridgehead atoms. The van der Waals surface area contributed by atoms with Crippen molar-refractivity contribution in [3.8, 4) is 11.5 Å². The number of anilines is 1. The summed E-state index contributed by atoms with van der Waals surface area (Å²) in [6, 6.07) is 4.08. The lowest BCUT2D eigenvalue weighted by Gasteiger charge is -2.29. The first-order valence-corrected chi connectivity index (χ1v) is 7.60. The standard InChI is InChI=1S/C13H9ClF3N3O3S/c1-6-4-10(24-20-6)18-11(21)19-13(12(15,16)17)22-8-3-2-7(14)5-9(8)23-13/h2-5H,1H3,(H2,18,19,21)/t13-/m0/s1. The number of carbonyl (C=O) groups excluding carboxylic acids is 1. The van der Waals surface area contributed by atoms with Gasteiger partial charge in [-0.3, -0.25) is 10.6 Å². The molecule has 3 rings (SSSR count). The number of hydrogen-bond acceptors (Lipinski definition) is 5. The first kappa shape index (κ1) is 16.7. The molecule has 1 aromatic carbocycles. The number of aryl methyl sites for hydroxylation is 1. The van der Waals surface area contributed by atoms with Crippen LogP contribution < -0.4 is 20.1 Å². The molecule has 2 aromatic rings. The van der Waals surface area contributed by atoms with Crippen LogP contribution in [0.15, 0.2) is 24.3 Å². The van der Waals surface area contributed by atoms with Crippen LogP contribution in [0.5, 0.6) is 11.5 Å². The van der Waals surface area contributed by atoms with Crippen molar-refractivity contribution in [3.63, 3.8) is 0 Å². The highest BCUT2D eigenvalue weighted by atomic mass is 35.5. The maximum absolute atomic E-state index is 13.4. The topological polar surface area (TPSA) is 72.5 Å². The van der Waals surface area contributed by atoms with Gasteiger partial charge in [-0.05, 0) is 36.7 Å². The van der Waals surface area contributed by atoms with Crippen LogP contribution in [0.1, 0.15) is 5.69 Å². The molecule has 2 amide bonds. The number of carbonyl (C=O) groups is 1. The summed E-state index contributed by atoms with van der Waals surface area (Å²) in [7, 11) is 0. The number of hydrogen-bond donors (Lipinski definition) is 2. The van der Waals surface area contributed by atoms with Crippen molar-refractivity contribution in [2.45, 2.75) is 19.0 Å². The fourth-order valence-corrected chi connectivity index (χ4v) is 2.75. The molecule has 11 heteroatoms. The van der Waals surface area contributed by atoms with E-state index in [-0.39, 0.29) is 21.5 Å². The highest BCUT2D eigenvalue weighted by Gasteiger charge is 2.65. The van der Waals surface area contributed by atoms with Crippen LogP contribution in [-0.4, -0.2) is 22.5 Å². The Morgan fingerprint density at radius 1 is 1.29 bits per heavy atom. The van der Waals surface area contributed by atoms with Gasteiger partial charge in [0.05, 0.1) is 5.69 Å². The molecule has 128 valence electrons. The van der Waals surface area contributed by atoms with E-state index in [0.717, 1.165) is 17.6 Å². The van der Waals surface area contributed by atoms with E-state index in [2.05, 4.69) is 9.69 Å². The lowest BCUT2D eigenvalue weighted by Crippen LogP contribution is -2.65. The van der Waals surface area contributed by atoms with E-state index in [0.29, 0.717) is 5.69 Å². The maximum atomic E-state index is 13.4. The Morgan fingerprint density at radius 2 is 2.00 bits per heavy atom. The van der Waals surface area contributed by atoms with Gasteiger partial charge in [0.25, 0.3) is 0 Å². The van der Waals surface area contributed by atoms with E-state index in [4.69, 9.17) is 21.1 Å². The summed E-state index contributed by atoms with van der Waals surface area (Å²) in [4.78, 5) is 11.9. The quantitative estimate of drug-likeness (QED) is 0.829. The summed E-state index contributed by atoms with van der Waals surface area (Å²) < 4.78 is 53.9. The van der Waals surface area contributed by atoms with E-state index in [1.165, 1.54) is 18.2 Å². The first-order chi connectivity index (χ1) is 11.2. The summed E-state index contributed by atoms with van der Waals surface area (Å²) >= 11 is 6.65. The summed E-state index contributed by atoms with van der Waals surface area (Å²) in [5.74, 6) is -3.76. The summed E-state index contributed by atoms with van der Waals surface area (Å²) in [6.07, 6.45) is -5.04. The average Bonchev–Trinajstić information content (AvgIpc) is 3.01. The van der Waals surface area contributed by atoms with Gasteiger partial charge in [-0.25, -0.2) is 4.79 Å². The van der Waals surface area contributed by atoms with Gasteiger partial charge in [0.15, 0.2) is 11.5 Å². The fraction of sp³-hybridized carbons (Fsp3) is 0.231. The van der Waals surface area contributed by atoms with Gasteiger partial charge in [0.2, 0.25) is 0 Å². The van der Waals surface area contributed by atoms with Gasteiger partial charge >= 0.3 is 18.1 Å². The van der Waals surface area contributed by atoms with Gasteiger partial charge in [0, 0.05) is 11.1 Å². The third-order valence-corrected chi connectivity index (χ3v) is 3.96. The molecule has 2 N–H and O–H groups in total. The highest BCUT2D eigenvalue weighted by molar-refractivity contribution is 7.10. The lowest BCUT2D eigenvalue weighted by molar-refractivity contribution is -0.317. The molecule has 1 atom stereocenters. The Bertz CT molecular complexity index is 798. The van der Waals surface area contributed by atoms with E-state index < -0.39 is 18.1 Å². The molecule has 0 spiro atoms. The van der Waals surface area contributed by atoms with Crippen LogP contribution in [0.4, 0.5) is 23.0 Å². The highest BCUT2D eigenvalue weighted by Crippen LogP contribution is 2.46. The molecular formula is C13H9ClF3N3O3S. The second-order valence-electron chi connectivity index (χ2n) is 4.82. The number of halogens is 4. The maximum Gasteiger partial charge on any atom is 0.492 e. The molecule has 0 radical (unpaired) electrons. The average molecular weight is 380 g/mol. The van der Waals surface area contributed by atoms with Crippen molar-refractivity contribution < 1.29 is 27.4 Å². The number of rotatable bonds is 2. The predicted octanol–water partition coefficient (Wildman–Crippen LogP) is 3.91. The summed E-state index contributed by atoms with van der Waals surface area (Å²) in [5.41, 5.74) is 0.622. The van der Waals surface area contributed by atoms with Gasteiger partial charge in [0.1, 0.15) is 5.00 Å². The van der Waals surface area contributed by atoms with Crippen LogP contribution in [0, 0.1) is 6.92 Å². The Morgan fingerprint density at radius 3 is 2.62 bits per heavy atom. The molecule has 1 aliphatic rings. The number of amides is 2. The van der Waals surface area contributed by atoms with Crippen molar-refractivity contribution in [1.82, 2.24) is 9.69 Å². The zero-order chi connectivity index (χ0) is 17.5. The van der Waals surface area contributed by atoms with E-state index in [1.54, 1.807) is 12.2 Å². The van der Waals surface area contributed by atoms with Crippen molar-refractivity contribution in [1.29, 1.82) is 0 Å². The zero-order valence-corrected chi connectivity index (χ0v) is 13.5. The first-order valence-electron chi connectivity index (χ1n) is 6.45.